The Labute approximate surface area is 228 Å². The van der Waals surface area contributed by atoms with E-state index in [1.165, 1.54) is 11.1 Å². The molecule has 0 spiro atoms. The highest BCUT2D eigenvalue weighted by molar-refractivity contribution is 9.10. The Morgan fingerprint density at radius 3 is 1.92 bits per heavy atom. The molecule has 37 heavy (non-hydrogen) atoms. The summed E-state index contributed by atoms with van der Waals surface area (Å²) in [5, 5.41) is 0. The first-order valence-electron chi connectivity index (χ1n) is 12.7. The molecule has 4 heteroatoms. The van der Waals surface area contributed by atoms with Gasteiger partial charge in [-0.3, -0.25) is 0 Å². The van der Waals surface area contributed by atoms with Crippen molar-refractivity contribution in [3.63, 3.8) is 0 Å². The summed E-state index contributed by atoms with van der Waals surface area (Å²) in [5.41, 5.74) is 7.38. The lowest BCUT2D eigenvalue weighted by Crippen LogP contribution is -2.05. The predicted octanol–water partition coefficient (Wildman–Crippen LogP) is 9.07. The summed E-state index contributed by atoms with van der Waals surface area (Å²) in [7, 11) is 0. The van der Waals surface area contributed by atoms with E-state index in [1.54, 1.807) is 0 Å². The number of allylic oxidation sites excluding steroid dienone is 4. The minimum absolute atomic E-state index is 0.620. The van der Waals surface area contributed by atoms with Crippen LogP contribution >= 0.6 is 15.9 Å². The normalized spacial score (nSPS) is 11.4. The minimum atomic E-state index is 0.620. The van der Waals surface area contributed by atoms with Crippen LogP contribution in [0.15, 0.2) is 114 Å². The summed E-state index contributed by atoms with van der Waals surface area (Å²) in [4.78, 5) is 14.7. The fourth-order valence-corrected chi connectivity index (χ4v) is 4.73. The molecule has 0 aliphatic rings. The van der Waals surface area contributed by atoms with Crippen LogP contribution in [-0.2, 0) is 12.8 Å². The van der Waals surface area contributed by atoms with Crippen LogP contribution in [0.2, 0.25) is 0 Å². The Bertz CT molecular complexity index is 1370. The SMILES string of the molecule is C=C(/C=C(\C(=C)CCc1ccc(CC)c(Br)c1)c1nc(-c2ccccc2)nc(-c2ccccc2)n1)CC. The summed E-state index contributed by atoms with van der Waals surface area (Å²) in [5.74, 6) is 1.91. The van der Waals surface area contributed by atoms with Crippen molar-refractivity contribution >= 4 is 21.5 Å². The predicted molar refractivity (Wildman–Crippen MR) is 159 cm³/mol. The lowest BCUT2D eigenvalue weighted by Gasteiger charge is -2.14. The number of halogens is 1. The summed E-state index contributed by atoms with van der Waals surface area (Å²) in [6.45, 7) is 13.0. The Balaban J connectivity index is 1.74. The molecule has 0 aliphatic heterocycles. The Morgan fingerprint density at radius 1 is 0.811 bits per heavy atom. The average molecular weight is 551 g/mol. The number of hydrogen-bond acceptors (Lipinski definition) is 3. The van der Waals surface area contributed by atoms with E-state index in [1.807, 2.05) is 60.7 Å². The number of rotatable bonds is 10. The fourth-order valence-electron chi connectivity index (χ4n) is 4.02. The summed E-state index contributed by atoms with van der Waals surface area (Å²) < 4.78 is 1.16. The van der Waals surface area contributed by atoms with Crippen LogP contribution in [0.25, 0.3) is 28.3 Å². The van der Waals surface area contributed by atoms with Crippen LogP contribution in [0.1, 0.15) is 43.6 Å². The van der Waals surface area contributed by atoms with E-state index < -0.39 is 0 Å². The number of benzene rings is 3. The second-order valence-corrected chi connectivity index (χ2v) is 9.85. The van der Waals surface area contributed by atoms with Gasteiger partial charge in [-0.05, 0) is 54.5 Å². The molecule has 1 aromatic heterocycles. The topological polar surface area (TPSA) is 38.7 Å². The Hall–Kier alpha value is -3.63. The third-order valence-electron chi connectivity index (χ3n) is 6.34. The van der Waals surface area contributed by atoms with Gasteiger partial charge in [-0.2, -0.15) is 0 Å². The van der Waals surface area contributed by atoms with Crippen molar-refractivity contribution in [2.75, 3.05) is 0 Å². The van der Waals surface area contributed by atoms with E-state index in [0.717, 1.165) is 58.0 Å². The number of aromatic nitrogens is 3. The van der Waals surface area contributed by atoms with Gasteiger partial charge in [0.25, 0.3) is 0 Å². The third-order valence-corrected chi connectivity index (χ3v) is 7.08. The van der Waals surface area contributed by atoms with Crippen molar-refractivity contribution in [3.8, 4) is 22.8 Å². The van der Waals surface area contributed by atoms with Gasteiger partial charge < -0.3 is 0 Å². The molecule has 0 saturated heterocycles. The molecule has 0 N–H and O–H groups in total. The number of hydrogen-bond donors (Lipinski definition) is 0. The molecule has 0 unspecified atom stereocenters. The largest absolute Gasteiger partial charge is 0.208 e. The van der Waals surface area contributed by atoms with Crippen LogP contribution in [-0.4, -0.2) is 15.0 Å². The standard InChI is InChI=1S/C33H32BrN3/c1-5-23(3)21-29(24(4)17-18-25-19-20-26(6-2)30(34)22-25)33-36-31(27-13-9-7-10-14-27)35-32(37-33)28-15-11-8-12-16-28/h7-16,19-22H,3-6,17-18H2,1-2H3/b29-21+. The first-order valence-corrected chi connectivity index (χ1v) is 13.5. The molecule has 4 aromatic rings. The summed E-state index contributed by atoms with van der Waals surface area (Å²) >= 11 is 3.71. The van der Waals surface area contributed by atoms with Gasteiger partial charge in [0.1, 0.15) is 0 Å². The van der Waals surface area contributed by atoms with Gasteiger partial charge in [0.15, 0.2) is 17.5 Å². The fraction of sp³-hybridized carbons (Fsp3) is 0.182. The maximum Gasteiger partial charge on any atom is 0.164 e. The van der Waals surface area contributed by atoms with Crippen molar-refractivity contribution in [2.45, 2.75) is 39.5 Å². The second kappa shape index (κ2) is 12.6. The zero-order chi connectivity index (χ0) is 26.2. The minimum Gasteiger partial charge on any atom is -0.208 e. The Morgan fingerprint density at radius 2 is 1.41 bits per heavy atom. The van der Waals surface area contributed by atoms with Crippen LogP contribution in [0.4, 0.5) is 0 Å². The van der Waals surface area contributed by atoms with E-state index in [4.69, 9.17) is 15.0 Å². The molecule has 0 aliphatic carbocycles. The highest BCUT2D eigenvalue weighted by Crippen LogP contribution is 2.29. The van der Waals surface area contributed by atoms with E-state index in [2.05, 4.69) is 67.2 Å². The van der Waals surface area contributed by atoms with E-state index in [-0.39, 0.29) is 0 Å². The number of nitrogens with zero attached hydrogens (tertiary/aromatic N) is 3. The highest BCUT2D eigenvalue weighted by Gasteiger charge is 2.16. The molecule has 0 fully saturated rings. The van der Waals surface area contributed by atoms with Gasteiger partial charge >= 0.3 is 0 Å². The summed E-state index contributed by atoms with van der Waals surface area (Å²) in [6, 6.07) is 26.7. The molecule has 0 bridgehead atoms. The van der Waals surface area contributed by atoms with Crippen LogP contribution in [0.3, 0.4) is 0 Å². The highest BCUT2D eigenvalue weighted by atomic mass is 79.9. The quantitative estimate of drug-likeness (QED) is 0.185. The molecule has 0 radical (unpaired) electrons. The monoisotopic (exact) mass is 549 g/mol. The average Bonchev–Trinajstić information content (AvgIpc) is 2.95. The maximum absolute atomic E-state index is 4.93. The molecule has 186 valence electrons. The molecule has 4 rings (SSSR count). The van der Waals surface area contributed by atoms with E-state index in [0.29, 0.717) is 17.5 Å². The Kier molecular flexibility index (Phi) is 8.97. The second-order valence-electron chi connectivity index (χ2n) is 8.99. The lowest BCUT2D eigenvalue weighted by atomic mass is 9.96. The zero-order valence-corrected chi connectivity index (χ0v) is 23.1. The van der Waals surface area contributed by atoms with E-state index >= 15 is 0 Å². The van der Waals surface area contributed by atoms with Gasteiger partial charge in [0.05, 0.1) is 0 Å². The zero-order valence-electron chi connectivity index (χ0n) is 21.5. The van der Waals surface area contributed by atoms with Gasteiger partial charge in [0, 0.05) is 21.2 Å². The van der Waals surface area contributed by atoms with E-state index in [9.17, 15) is 0 Å². The molecular weight excluding hydrogens is 518 g/mol. The third kappa shape index (κ3) is 6.78. The van der Waals surface area contributed by atoms with Gasteiger partial charge in [-0.1, -0.05) is 121 Å². The molecule has 0 saturated carbocycles. The molecule has 1 heterocycles. The smallest absolute Gasteiger partial charge is 0.164 e. The van der Waals surface area contributed by atoms with Crippen molar-refractivity contribution < 1.29 is 0 Å². The first-order chi connectivity index (χ1) is 18.0. The van der Waals surface area contributed by atoms with Gasteiger partial charge in [-0.15, -0.1) is 0 Å². The van der Waals surface area contributed by atoms with Crippen LogP contribution in [0.5, 0.6) is 0 Å². The summed E-state index contributed by atoms with van der Waals surface area (Å²) in [6.07, 6.45) is 5.58. The molecular formula is C33H32BrN3. The molecule has 0 atom stereocenters. The van der Waals surface area contributed by atoms with Crippen LogP contribution in [0, 0.1) is 0 Å². The van der Waals surface area contributed by atoms with Crippen molar-refractivity contribution in [1.29, 1.82) is 0 Å². The maximum atomic E-state index is 4.93. The first kappa shape index (κ1) is 26.4. The molecule has 3 aromatic carbocycles. The molecule has 3 nitrogen and oxygen atoms in total. The van der Waals surface area contributed by atoms with Gasteiger partial charge in [-0.25, -0.2) is 15.0 Å². The van der Waals surface area contributed by atoms with Crippen LogP contribution < -0.4 is 0 Å². The number of aryl methyl sites for hydroxylation is 2. The van der Waals surface area contributed by atoms with Crippen molar-refractivity contribution in [2.24, 2.45) is 0 Å². The lowest BCUT2D eigenvalue weighted by molar-refractivity contribution is 0.954. The molecule has 0 amide bonds. The van der Waals surface area contributed by atoms with Crippen molar-refractivity contribution in [3.05, 3.63) is 131 Å². The van der Waals surface area contributed by atoms with Crippen molar-refractivity contribution in [1.82, 2.24) is 15.0 Å². The van der Waals surface area contributed by atoms with Gasteiger partial charge in [0.2, 0.25) is 0 Å².